The van der Waals surface area contributed by atoms with E-state index in [2.05, 4.69) is 9.88 Å². The number of amides is 2. The Morgan fingerprint density at radius 1 is 1.06 bits per heavy atom. The van der Waals surface area contributed by atoms with Crippen molar-refractivity contribution in [3.8, 4) is 0 Å². The molecular weight excluding hydrogens is 444 g/mol. The summed E-state index contributed by atoms with van der Waals surface area (Å²) in [6.07, 6.45) is 7.91. The number of thiazole rings is 1. The summed E-state index contributed by atoms with van der Waals surface area (Å²) < 4.78 is 0. The Morgan fingerprint density at radius 2 is 1.94 bits per heavy atom. The van der Waals surface area contributed by atoms with Crippen LogP contribution in [0.1, 0.15) is 48.9 Å². The van der Waals surface area contributed by atoms with Crippen LogP contribution in [-0.4, -0.2) is 64.9 Å². The van der Waals surface area contributed by atoms with Crippen LogP contribution in [0.25, 0.3) is 0 Å². The second-order valence-electron chi connectivity index (χ2n) is 9.07. The van der Waals surface area contributed by atoms with E-state index in [1.807, 2.05) is 33.5 Å². The summed E-state index contributed by atoms with van der Waals surface area (Å²) in [5.74, 6) is 0.467. The lowest BCUT2D eigenvalue weighted by Gasteiger charge is -2.35. The van der Waals surface area contributed by atoms with Gasteiger partial charge in [-0.3, -0.25) is 9.59 Å². The zero-order valence-electron chi connectivity index (χ0n) is 18.2. The smallest absolute Gasteiger partial charge is 0.254 e. The van der Waals surface area contributed by atoms with Crippen molar-refractivity contribution in [1.29, 1.82) is 0 Å². The molecule has 6 nitrogen and oxygen atoms in total. The summed E-state index contributed by atoms with van der Waals surface area (Å²) in [7, 11) is 0. The number of nitrogens with zero attached hydrogens (tertiary/aromatic N) is 4. The van der Waals surface area contributed by atoms with Crippen LogP contribution in [0.5, 0.6) is 0 Å². The minimum absolute atomic E-state index is 0.0560. The Kier molecular flexibility index (Phi) is 6.37. The molecule has 1 aromatic heterocycles. The molecule has 0 radical (unpaired) electrons. The monoisotopic (exact) mass is 472 g/mol. The van der Waals surface area contributed by atoms with E-state index in [0.29, 0.717) is 23.0 Å². The number of rotatable bonds is 3. The lowest BCUT2D eigenvalue weighted by atomic mass is 9.84. The van der Waals surface area contributed by atoms with Crippen LogP contribution >= 0.6 is 22.9 Å². The molecule has 3 heterocycles. The highest BCUT2D eigenvalue weighted by atomic mass is 35.5. The van der Waals surface area contributed by atoms with Crippen molar-refractivity contribution in [2.45, 2.75) is 50.6 Å². The van der Waals surface area contributed by atoms with Crippen molar-refractivity contribution in [1.82, 2.24) is 14.8 Å². The number of halogens is 1. The topological polar surface area (TPSA) is 56.8 Å². The number of aromatic nitrogens is 1. The Labute approximate surface area is 198 Å². The van der Waals surface area contributed by atoms with E-state index in [-0.39, 0.29) is 23.9 Å². The predicted molar refractivity (Wildman–Crippen MR) is 127 cm³/mol. The molecule has 1 saturated carbocycles. The van der Waals surface area contributed by atoms with Gasteiger partial charge in [0.15, 0.2) is 5.13 Å². The summed E-state index contributed by atoms with van der Waals surface area (Å²) in [5, 5.41) is 3.56. The normalized spacial score (nSPS) is 26.0. The molecule has 8 heteroatoms. The molecule has 1 aliphatic carbocycles. The van der Waals surface area contributed by atoms with Crippen LogP contribution in [0.3, 0.4) is 0 Å². The average Bonchev–Trinajstić information content (AvgIpc) is 3.41. The van der Waals surface area contributed by atoms with Gasteiger partial charge in [-0.2, -0.15) is 0 Å². The van der Waals surface area contributed by atoms with Crippen molar-refractivity contribution < 1.29 is 9.59 Å². The fourth-order valence-corrected chi connectivity index (χ4v) is 6.54. The fourth-order valence-electron chi connectivity index (χ4n) is 5.66. The van der Waals surface area contributed by atoms with Crippen molar-refractivity contribution >= 4 is 39.9 Å². The maximum atomic E-state index is 13.8. The van der Waals surface area contributed by atoms with Gasteiger partial charge in [-0.05, 0) is 49.8 Å². The second-order valence-corrected chi connectivity index (χ2v) is 10.4. The zero-order chi connectivity index (χ0) is 22.1. The van der Waals surface area contributed by atoms with Gasteiger partial charge in [-0.15, -0.1) is 11.3 Å². The van der Waals surface area contributed by atoms with Gasteiger partial charge in [0, 0.05) is 54.4 Å². The maximum Gasteiger partial charge on any atom is 0.254 e. The Balaban J connectivity index is 1.36. The van der Waals surface area contributed by atoms with E-state index in [1.165, 1.54) is 6.42 Å². The standard InChI is InChI=1S/C24H29ClN4O2S/c25-19-7-3-6-18(15-19)22(30)29-20-8-2-1-5-17(20)16-21(29)23(31)27-10-4-11-28(13-12-27)24-26-9-14-32-24/h3,6-7,9,14-15,17,20-21H,1-2,4-5,8,10-13,16H2. The fraction of sp³-hybridized carbons (Fsp3) is 0.542. The lowest BCUT2D eigenvalue weighted by Crippen LogP contribution is -2.51. The molecule has 170 valence electrons. The van der Waals surface area contributed by atoms with Gasteiger partial charge in [0.25, 0.3) is 5.91 Å². The van der Waals surface area contributed by atoms with E-state index in [0.717, 1.165) is 56.9 Å². The van der Waals surface area contributed by atoms with Gasteiger partial charge < -0.3 is 14.7 Å². The molecule has 2 amide bonds. The van der Waals surface area contributed by atoms with Crippen LogP contribution < -0.4 is 4.90 Å². The largest absolute Gasteiger partial charge is 0.346 e. The molecule has 2 aliphatic heterocycles. The number of carbonyl (C=O) groups is 2. The third-order valence-corrected chi connectivity index (χ3v) is 8.24. The van der Waals surface area contributed by atoms with Gasteiger partial charge in [-0.25, -0.2) is 4.98 Å². The van der Waals surface area contributed by atoms with Crippen LogP contribution in [0, 0.1) is 5.92 Å². The number of fused-ring (bicyclic) bond motifs is 1. The van der Waals surface area contributed by atoms with Gasteiger partial charge in [0.2, 0.25) is 5.91 Å². The van der Waals surface area contributed by atoms with E-state index in [4.69, 9.17) is 11.6 Å². The maximum absolute atomic E-state index is 13.8. The Bertz CT molecular complexity index is 969. The first-order chi connectivity index (χ1) is 15.6. The molecule has 3 atom stereocenters. The molecule has 32 heavy (non-hydrogen) atoms. The molecule has 3 aliphatic rings. The minimum atomic E-state index is -0.374. The molecule has 3 fully saturated rings. The molecule has 0 N–H and O–H groups in total. The highest BCUT2D eigenvalue weighted by Gasteiger charge is 2.48. The third kappa shape index (κ3) is 4.25. The average molecular weight is 473 g/mol. The zero-order valence-corrected chi connectivity index (χ0v) is 19.7. The number of carbonyl (C=O) groups excluding carboxylic acids is 2. The van der Waals surface area contributed by atoms with Crippen LogP contribution in [0.4, 0.5) is 5.13 Å². The van der Waals surface area contributed by atoms with Gasteiger partial charge in [-0.1, -0.05) is 30.5 Å². The molecule has 3 unspecified atom stereocenters. The molecule has 0 bridgehead atoms. The van der Waals surface area contributed by atoms with Crippen molar-refractivity contribution in [3.05, 3.63) is 46.4 Å². The SMILES string of the molecule is O=C(C1CC2CCCCC2N1C(=O)c1cccc(Cl)c1)N1CCCN(c2nccs2)CC1. The van der Waals surface area contributed by atoms with E-state index < -0.39 is 0 Å². The number of hydrogen-bond acceptors (Lipinski definition) is 5. The summed E-state index contributed by atoms with van der Waals surface area (Å²) in [6.45, 7) is 3.08. The first-order valence-corrected chi connectivity index (χ1v) is 12.9. The molecule has 2 saturated heterocycles. The van der Waals surface area contributed by atoms with Crippen molar-refractivity contribution in [2.75, 3.05) is 31.1 Å². The summed E-state index contributed by atoms with van der Waals surface area (Å²) in [4.78, 5) is 38.0. The molecule has 0 spiro atoms. The van der Waals surface area contributed by atoms with Crippen molar-refractivity contribution in [3.63, 3.8) is 0 Å². The molecular formula is C24H29ClN4O2S. The molecule has 2 aromatic rings. The molecule has 1 aromatic carbocycles. The first kappa shape index (κ1) is 21.7. The quantitative estimate of drug-likeness (QED) is 0.668. The number of benzene rings is 1. The molecule has 5 rings (SSSR count). The predicted octanol–water partition coefficient (Wildman–Crippen LogP) is 4.31. The minimum Gasteiger partial charge on any atom is -0.346 e. The summed E-state index contributed by atoms with van der Waals surface area (Å²) >= 11 is 7.81. The first-order valence-electron chi connectivity index (χ1n) is 11.6. The van der Waals surface area contributed by atoms with Crippen LogP contribution in [0.2, 0.25) is 5.02 Å². The highest BCUT2D eigenvalue weighted by molar-refractivity contribution is 7.13. The third-order valence-electron chi connectivity index (χ3n) is 7.18. The van der Waals surface area contributed by atoms with Crippen molar-refractivity contribution in [2.24, 2.45) is 5.92 Å². The van der Waals surface area contributed by atoms with Crippen LogP contribution in [-0.2, 0) is 4.79 Å². The van der Waals surface area contributed by atoms with E-state index in [1.54, 1.807) is 23.5 Å². The highest BCUT2D eigenvalue weighted by Crippen LogP contribution is 2.41. The van der Waals surface area contributed by atoms with Gasteiger partial charge in [0.1, 0.15) is 6.04 Å². The Morgan fingerprint density at radius 3 is 2.75 bits per heavy atom. The van der Waals surface area contributed by atoms with Gasteiger partial charge >= 0.3 is 0 Å². The van der Waals surface area contributed by atoms with E-state index in [9.17, 15) is 9.59 Å². The second kappa shape index (κ2) is 9.40. The van der Waals surface area contributed by atoms with Gasteiger partial charge in [0.05, 0.1) is 0 Å². The summed E-state index contributed by atoms with van der Waals surface area (Å²) in [6, 6.07) is 6.90. The Hall–Kier alpha value is -2.12. The number of anilines is 1. The number of hydrogen-bond donors (Lipinski definition) is 0. The lowest BCUT2D eigenvalue weighted by molar-refractivity contribution is -0.135. The summed E-state index contributed by atoms with van der Waals surface area (Å²) in [5.41, 5.74) is 0.576. The van der Waals surface area contributed by atoms with E-state index >= 15 is 0 Å². The number of likely N-dealkylation sites (tertiary alicyclic amines) is 1. The van der Waals surface area contributed by atoms with Crippen LogP contribution in [0.15, 0.2) is 35.8 Å².